The standard InChI is InChI=1S/C34H40F5N3O4/c1-31-18-26(20-3-5-21(6-4-20)30(45)42-15-13-41(14-16-42)19-28(44)40-2)29-24-10-8-23(43)17-22(24)7-9-25(29)27(31)11-12-32(31,46)33(35,36)34(37,38)39/h3-6,17,25-27,46H,7-16,18-19H2,1-2H3,(H,40,44)/t25?,26-,27?,31+,32-/m1/s1. The van der Waals surface area contributed by atoms with E-state index in [2.05, 4.69) is 5.32 Å². The predicted molar refractivity (Wildman–Crippen MR) is 159 cm³/mol. The van der Waals surface area contributed by atoms with Crippen molar-refractivity contribution in [3.63, 3.8) is 0 Å². The summed E-state index contributed by atoms with van der Waals surface area (Å²) in [5.41, 5.74) is -1.01. The first-order chi connectivity index (χ1) is 21.6. The number of nitrogens with one attached hydrogen (secondary N) is 1. The molecule has 5 atom stereocenters. The molecule has 2 saturated carbocycles. The van der Waals surface area contributed by atoms with E-state index >= 15 is 8.78 Å². The summed E-state index contributed by atoms with van der Waals surface area (Å²) in [6.45, 7) is 3.62. The fourth-order valence-corrected chi connectivity index (χ4v) is 9.15. The number of nitrogens with zero attached hydrogens (tertiary/aromatic N) is 2. The number of fused-ring (bicyclic) bond motifs is 4. The van der Waals surface area contributed by atoms with Crippen LogP contribution in [0.2, 0.25) is 0 Å². The number of allylic oxidation sites excluding steroid dienone is 4. The number of hydrogen-bond donors (Lipinski definition) is 2. The van der Waals surface area contributed by atoms with Crippen LogP contribution in [0.4, 0.5) is 22.0 Å². The Balaban J connectivity index is 1.33. The van der Waals surface area contributed by atoms with E-state index in [0.29, 0.717) is 63.0 Å². The van der Waals surface area contributed by atoms with Crippen molar-refractivity contribution in [1.82, 2.24) is 15.1 Å². The number of ketones is 1. The molecule has 0 aromatic heterocycles. The maximum absolute atomic E-state index is 15.2. The predicted octanol–water partition coefficient (Wildman–Crippen LogP) is 5.02. The van der Waals surface area contributed by atoms with Crippen LogP contribution in [0.5, 0.6) is 0 Å². The average molecular weight is 650 g/mol. The molecule has 4 aliphatic carbocycles. The van der Waals surface area contributed by atoms with Crippen molar-refractivity contribution in [2.75, 3.05) is 39.8 Å². The molecule has 3 fully saturated rings. The molecule has 46 heavy (non-hydrogen) atoms. The van der Waals surface area contributed by atoms with Crippen molar-refractivity contribution in [1.29, 1.82) is 0 Å². The van der Waals surface area contributed by atoms with Gasteiger partial charge in [-0.15, -0.1) is 0 Å². The molecule has 5 aliphatic rings. The number of piperazine rings is 1. The van der Waals surface area contributed by atoms with E-state index in [-0.39, 0.29) is 42.9 Å². The van der Waals surface area contributed by atoms with Gasteiger partial charge in [0.15, 0.2) is 5.78 Å². The Morgan fingerprint density at radius 2 is 1.67 bits per heavy atom. The summed E-state index contributed by atoms with van der Waals surface area (Å²) in [5.74, 6) is -7.02. The van der Waals surface area contributed by atoms with Gasteiger partial charge < -0.3 is 15.3 Å². The maximum Gasteiger partial charge on any atom is 0.456 e. The second kappa shape index (κ2) is 11.5. The molecule has 1 aromatic rings. The number of likely N-dealkylation sites (N-methyl/N-ethyl adjacent to an activating group) is 1. The molecule has 1 aromatic carbocycles. The van der Waals surface area contributed by atoms with Crippen molar-refractivity contribution < 1.29 is 41.4 Å². The quantitative estimate of drug-likeness (QED) is 0.438. The molecule has 1 aliphatic heterocycles. The summed E-state index contributed by atoms with van der Waals surface area (Å²) >= 11 is 0. The molecule has 2 unspecified atom stereocenters. The van der Waals surface area contributed by atoms with Gasteiger partial charge in [0.25, 0.3) is 5.91 Å². The van der Waals surface area contributed by atoms with E-state index in [9.17, 15) is 32.7 Å². The number of rotatable bonds is 5. The minimum absolute atomic E-state index is 0.0207. The summed E-state index contributed by atoms with van der Waals surface area (Å²) in [6, 6.07) is 6.82. The highest BCUT2D eigenvalue weighted by molar-refractivity contribution is 5.94. The first-order valence-electron chi connectivity index (χ1n) is 16.1. The van der Waals surface area contributed by atoms with E-state index in [4.69, 9.17) is 0 Å². The van der Waals surface area contributed by atoms with Gasteiger partial charge in [0, 0.05) is 56.5 Å². The zero-order chi connectivity index (χ0) is 33.2. The van der Waals surface area contributed by atoms with E-state index in [0.717, 1.165) is 16.7 Å². The van der Waals surface area contributed by atoms with Gasteiger partial charge in [-0.05, 0) is 85.3 Å². The highest BCUT2D eigenvalue weighted by Crippen LogP contribution is 2.70. The molecule has 1 saturated heterocycles. The van der Waals surface area contributed by atoms with Crippen LogP contribution < -0.4 is 5.32 Å². The molecule has 0 radical (unpaired) electrons. The maximum atomic E-state index is 15.2. The van der Waals surface area contributed by atoms with Gasteiger partial charge in [0.2, 0.25) is 5.91 Å². The lowest BCUT2D eigenvalue weighted by atomic mass is 9.50. The lowest BCUT2D eigenvalue weighted by Gasteiger charge is -2.56. The highest BCUT2D eigenvalue weighted by Gasteiger charge is 2.79. The van der Waals surface area contributed by atoms with Crippen LogP contribution in [0.1, 0.15) is 73.7 Å². The van der Waals surface area contributed by atoms with Gasteiger partial charge in [-0.3, -0.25) is 19.3 Å². The molecule has 6 rings (SSSR count). The van der Waals surface area contributed by atoms with Crippen molar-refractivity contribution in [3.8, 4) is 0 Å². The summed E-state index contributed by atoms with van der Waals surface area (Å²) in [6.07, 6.45) is -3.15. The van der Waals surface area contributed by atoms with Gasteiger partial charge in [-0.1, -0.05) is 24.6 Å². The number of hydrogen-bond acceptors (Lipinski definition) is 5. The van der Waals surface area contributed by atoms with E-state index in [1.54, 1.807) is 42.3 Å². The first-order valence-corrected chi connectivity index (χ1v) is 16.1. The largest absolute Gasteiger partial charge is 0.456 e. The van der Waals surface area contributed by atoms with Gasteiger partial charge in [0.05, 0.1) is 6.54 Å². The Kier molecular flexibility index (Phi) is 8.23. The third kappa shape index (κ3) is 5.10. The van der Waals surface area contributed by atoms with E-state index in [1.807, 2.05) is 4.90 Å². The fourth-order valence-electron chi connectivity index (χ4n) is 9.15. The first kappa shape index (κ1) is 32.8. The molecule has 250 valence electrons. The zero-order valence-electron chi connectivity index (χ0n) is 26.1. The Bertz CT molecular complexity index is 1480. The lowest BCUT2D eigenvalue weighted by molar-refractivity contribution is -0.362. The molecule has 12 heteroatoms. The molecule has 0 spiro atoms. The van der Waals surface area contributed by atoms with Crippen LogP contribution >= 0.6 is 0 Å². The minimum atomic E-state index is -5.91. The van der Waals surface area contributed by atoms with Gasteiger partial charge in [-0.2, -0.15) is 22.0 Å². The van der Waals surface area contributed by atoms with E-state index in [1.165, 1.54) is 6.92 Å². The highest BCUT2D eigenvalue weighted by atomic mass is 19.4. The summed E-state index contributed by atoms with van der Waals surface area (Å²) < 4.78 is 71.9. The van der Waals surface area contributed by atoms with Crippen molar-refractivity contribution in [2.24, 2.45) is 17.3 Å². The summed E-state index contributed by atoms with van der Waals surface area (Å²) in [7, 11) is 1.57. The van der Waals surface area contributed by atoms with Crippen molar-refractivity contribution in [2.45, 2.75) is 75.5 Å². The Hall–Kier alpha value is -3.12. The lowest BCUT2D eigenvalue weighted by Crippen LogP contribution is -2.65. The van der Waals surface area contributed by atoms with E-state index < -0.39 is 41.4 Å². The van der Waals surface area contributed by atoms with Crippen molar-refractivity contribution >= 4 is 17.6 Å². The van der Waals surface area contributed by atoms with Crippen LogP contribution in [-0.4, -0.2) is 90.0 Å². The minimum Gasteiger partial charge on any atom is -0.383 e. The third-order valence-corrected chi connectivity index (χ3v) is 11.6. The Labute approximate surface area is 264 Å². The smallest absolute Gasteiger partial charge is 0.383 e. The third-order valence-electron chi connectivity index (χ3n) is 11.6. The van der Waals surface area contributed by atoms with Gasteiger partial charge in [-0.25, -0.2) is 0 Å². The van der Waals surface area contributed by atoms with Crippen LogP contribution in [0.25, 0.3) is 0 Å². The average Bonchev–Trinajstić information content (AvgIpc) is 3.31. The second-order valence-electron chi connectivity index (χ2n) is 13.8. The number of alkyl halides is 5. The molecular weight excluding hydrogens is 609 g/mol. The molecule has 7 nitrogen and oxygen atoms in total. The molecule has 2 amide bonds. The molecule has 0 bridgehead atoms. The van der Waals surface area contributed by atoms with Crippen LogP contribution in [0, 0.1) is 17.3 Å². The number of amides is 2. The SMILES string of the molecule is CNC(=O)CN1CCN(C(=O)c2ccc([C@H]3C[C@@]4(C)C(CC[C@]4(O)C(F)(F)C(F)(F)F)C4CCC5=CC(=O)CCC5=C43)cc2)CC1. The molecular formula is C34H40F5N3O4. The molecule has 2 N–H and O–H groups in total. The van der Waals surface area contributed by atoms with Crippen LogP contribution in [0.3, 0.4) is 0 Å². The number of halogens is 5. The normalized spacial score (nSPS) is 32.0. The number of carbonyl (C=O) groups excluding carboxylic acids is 3. The van der Waals surface area contributed by atoms with Crippen molar-refractivity contribution in [3.05, 3.63) is 58.2 Å². The summed E-state index contributed by atoms with van der Waals surface area (Å²) in [5, 5.41) is 14.0. The second-order valence-corrected chi connectivity index (χ2v) is 13.8. The van der Waals surface area contributed by atoms with Crippen LogP contribution in [-0.2, 0) is 9.59 Å². The Morgan fingerprint density at radius 3 is 2.30 bits per heavy atom. The van der Waals surface area contributed by atoms with Gasteiger partial charge >= 0.3 is 12.1 Å². The zero-order valence-corrected chi connectivity index (χ0v) is 26.1. The summed E-state index contributed by atoms with van der Waals surface area (Å²) in [4.78, 5) is 41.0. The monoisotopic (exact) mass is 649 g/mol. The Morgan fingerprint density at radius 1 is 1.00 bits per heavy atom. The molecule has 1 heterocycles. The fraction of sp³-hybridized carbons (Fsp3) is 0.618. The number of aliphatic hydroxyl groups is 1. The number of benzene rings is 1. The topological polar surface area (TPSA) is 90.0 Å². The number of carbonyl (C=O) groups is 3. The van der Waals surface area contributed by atoms with Gasteiger partial charge in [0.1, 0.15) is 5.60 Å². The van der Waals surface area contributed by atoms with Crippen LogP contribution in [0.15, 0.2) is 47.1 Å².